The first-order valence-corrected chi connectivity index (χ1v) is 8.98. The van der Waals surface area contributed by atoms with Crippen LogP contribution in [0.5, 0.6) is 5.75 Å². The second-order valence-corrected chi connectivity index (χ2v) is 7.18. The maximum absolute atomic E-state index is 12.8. The molecule has 5 nitrogen and oxygen atoms in total. The van der Waals surface area contributed by atoms with Crippen molar-refractivity contribution in [1.29, 1.82) is 0 Å². The van der Waals surface area contributed by atoms with E-state index in [0.717, 1.165) is 15.5 Å². The van der Waals surface area contributed by atoms with E-state index in [-0.39, 0.29) is 5.91 Å². The molecule has 0 atom stereocenters. The van der Waals surface area contributed by atoms with Gasteiger partial charge in [0.05, 0.1) is 22.4 Å². The molecule has 4 aromatic rings. The maximum atomic E-state index is 12.8. The molecule has 0 fully saturated rings. The molecule has 0 unspecified atom stereocenters. The molecule has 0 spiro atoms. The Labute approximate surface area is 158 Å². The number of nitrogens with zero attached hydrogens (tertiary/aromatic N) is 1. The number of benzene rings is 3. The minimum atomic E-state index is -0.277. The standard InChI is InChI=1S/C19H14ClN3O2S/c1-25-15-7-11-5-3-2-4-10(11)6-13(15)18(24)22-12-8-14(20)17-16(9-12)26-19(21)23-17/h2-9H,1H3,(H2,21,23)(H,22,24). The predicted molar refractivity (Wildman–Crippen MR) is 107 cm³/mol. The van der Waals surface area contributed by atoms with Gasteiger partial charge < -0.3 is 15.8 Å². The van der Waals surface area contributed by atoms with Crippen LogP contribution in [0.1, 0.15) is 10.4 Å². The largest absolute Gasteiger partial charge is 0.496 e. The Morgan fingerprint density at radius 2 is 1.92 bits per heavy atom. The average molecular weight is 384 g/mol. The Kier molecular flexibility index (Phi) is 4.14. The molecule has 0 aliphatic rings. The lowest BCUT2D eigenvalue weighted by Crippen LogP contribution is -2.13. The summed E-state index contributed by atoms with van der Waals surface area (Å²) in [6.45, 7) is 0. The number of rotatable bonds is 3. The molecule has 0 aliphatic heterocycles. The second-order valence-electron chi connectivity index (χ2n) is 5.71. The minimum Gasteiger partial charge on any atom is -0.496 e. The van der Waals surface area contributed by atoms with Gasteiger partial charge in [-0.1, -0.05) is 47.2 Å². The zero-order valence-corrected chi connectivity index (χ0v) is 15.3. The first-order chi connectivity index (χ1) is 12.5. The van der Waals surface area contributed by atoms with Crippen molar-refractivity contribution in [3.63, 3.8) is 0 Å². The summed E-state index contributed by atoms with van der Waals surface area (Å²) >= 11 is 7.57. The molecule has 4 rings (SSSR count). The Balaban J connectivity index is 1.73. The maximum Gasteiger partial charge on any atom is 0.259 e. The number of thiazole rings is 1. The average Bonchev–Trinajstić information content (AvgIpc) is 3.01. The monoisotopic (exact) mass is 383 g/mol. The SMILES string of the molecule is COc1cc2ccccc2cc1C(=O)Nc1cc(Cl)c2nc(N)sc2c1. The van der Waals surface area contributed by atoms with Crippen LogP contribution in [0.4, 0.5) is 10.8 Å². The number of hydrogen-bond acceptors (Lipinski definition) is 5. The fraction of sp³-hybridized carbons (Fsp3) is 0.0526. The molecule has 0 radical (unpaired) electrons. The van der Waals surface area contributed by atoms with Crippen LogP contribution in [0.3, 0.4) is 0 Å². The topological polar surface area (TPSA) is 77.2 Å². The van der Waals surface area contributed by atoms with Crippen molar-refractivity contribution in [2.45, 2.75) is 0 Å². The highest BCUT2D eigenvalue weighted by Gasteiger charge is 2.15. The van der Waals surface area contributed by atoms with Crippen LogP contribution in [0.15, 0.2) is 48.5 Å². The number of nitrogens with two attached hydrogens (primary N) is 1. The number of carbonyl (C=O) groups excluding carboxylic acids is 1. The van der Waals surface area contributed by atoms with Crippen LogP contribution in [-0.2, 0) is 0 Å². The summed E-state index contributed by atoms with van der Waals surface area (Å²) in [7, 11) is 1.55. The number of anilines is 2. The highest BCUT2D eigenvalue weighted by molar-refractivity contribution is 7.22. The van der Waals surface area contributed by atoms with Crippen molar-refractivity contribution in [3.05, 3.63) is 59.1 Å². The third-order valence-electron chi connectivity index (χ3n) is 4.04. The minimum absolute atomic E-state index is 0.277. The van der Waals surface area contributed by atoms with Crippen LogP contribution in [-0.4, -0.2) is 18.0 Å². The van der Waals surface area contributed by atoms with Crippen LogP contribution in [0, 0.1) is 0 Å². The zero-order valence-electron chi connectivity index (χ0n) is 13.7. The van der Waals surface area contributed by atoms with Gasteiger partial charge in [-0.2, -0.15) is 0 Å². The summed E-state index contributed by atoms with van der Waals surface area (Å²) in [6.07, 6.45) is 0. The van der Waals surface area contributed by atoms with Crippen molar-refractivity contribution < 1.29 is 9.53 Å². The smallest absolute Gasteiger partial charge is 0.259 e. The Morgan fingerprint density at radius 3 is 2.65 bits per heavy atom. The van der Waals surface area contributed by atoms with Crippen LogP contribution in [0.25, 0.3) is 21.0 Å². The molecule has 7 heteroatoms. The number of carbonyl (C=O) groups is 1. The normalized spacial score (nSPS) is 11.0. The molecule has 0 bridgehead atoms. The summed E-state index contributed by atoms with van der Waals surface area (Å²) in [4.78, 5) is 17.0. The van der Waals surface area contributed by atoms with E-state index < -0.39 is 0 Å². The predicted octanol–water partition coefficient (Wildman–Crippen LogP) is 4.95. The van der Waals surface area contributed by atoms with Crippen molar-refractivity contribution >= 4 is 60.7 Å². The first kappa shape index (κ1) is 16.6. The fourth-order valence-corrected chi connectivity index (χ4v) is 3.96. The summed E-state index contributed by atoms with van der Waals surface area (Å²) in [5.74, 6) is 0.232. The lowest BCUT2D eigenvalue weighted by molar-refractivity contribution is 0.102. The van der Waals surface area contributed by atoms with Gasteiger partial charge in [0.15, 0.2) is 5.13 Å². The zero-order chi connectivity index (χ0) is 18.3. The van der Waals surface area contributed by atoms with E-state index in [2.05, 4.69) is 10.3 Å². The third kappa shape index (κ3) is 2.94. The fourth-order valence-electron chi connectivity index (χ4n) is 2.84. The van der Waals surface area contributed by atoms with Gasteiger partial charge in [0.2, 0.25) is 0 Å². The highest BCUT2D eigenvalue weighted by Crippen LogP contribution is 2.33. The molecule has 0 saturated carbocycles. The number of fused-ring (bicyclic) bond motifs is 2. The lowest BCUT2D eigenvalue weighted by Gasteiger charge is -2.11. The Hall–Kier alpha value is -2.83. The number of hydrogen-bond donors (Lipinski definition) is 2. The van der Waals surface area contributed by atoms with Crippen LogP contribution >= 0.6 is 22.9 Å². The Bertz CT molecular complexity index is 1160. The molecular formula is C19H14ClN3O2S. The lowest BCUT2D eigenvalue weighted by atomic mass is 10.1. The van der Waals surface area contributed by atoms with E-state index in [4.69, 9.17) is 22.1 Å². The summed E-state index contributed by atoms with van der Waals surface area (Å²) in [6, 6.07) is 14.9. The van der Waals surface area contributed by atoms with E-state index in [1.54, 1.807) is 19.2 Å². The molecule has 1 heterocycles. The van der Waals surface area contributed by atoms with E-state index in [1.165, 1.54) is 11.3 Å². The van der Waals surface area contributed by atoms with E-state index >= 15 is 0 Å². The summed E-state index contributed by atoms with van der Waals surface area (Å²) < 4.78 is 6.21. The van der Waals surface area contributed by atoms with E-state index in [9.17, 15) is 4.79 Å². The van der Waals surface area contributed by atoms with Crippen molar-refractivity contribution in [2.75, 3.05) is 18.2 Å². The summed E-state index contributed by atoms with van der Waals surface area (Å²) in [5, 5.41) is 5.71. The number of nitrogen functional groups attached to an aromatic ring is 1. The van der Waals surface area contributed by atoms with E-state index in [1.807, 2.05) is 36.4 Å². The van der Waals surface area contributed by atoms with Gasteiger partial charge in [0.25, 0.3) is 5.91 Å². The second kappa shape index (κ2) is 6.48. The van der Waals surface area contributed by atoms with Gasteiger partial charge >= 0.3 is 0 Å². The molecule has 1 aromatic heterocycles. The number of methoxy groups -OCH3 is 1. The van der Waals surface area contributed by atoms with Crippen molar-refractivity contribution in [3.8, 4) is 5.75 Å². The highest BCUT2D eigenvalue weighted by atomic mass is 35.5. The third-order valence-corrected chi connectivity index (χ3v) is 5.15. The van der Waals surface area contributed by atoms with Gasteiger partial charge in [0, 0.05) is 5.69 Å². The van der Waals surface area contributed by atoms with Crippen molar-refractivity contribution in [1.82, 2.24) is 4.98 Å². The van der Waals surface area contributed by atoms with Gasteiger partial charge in [-0.05, 0) is 35.0 Å². The number of amides is 1. The van der Waals surface area contributed by atoms with Crippen LogP contribution < -0.4 is 15.8 Å². The molecule has 130 valence electrons. The van der Waals surface area contributed by atoms with Gasteiger partial charge in [-0.15, -0.1) is 0 Å². The molecule has 0 aliphatic carbocycles. The van der Waals surface area contributed by atoms with Crippen molar-refractivity contribution in [2.24, 2.45) is 0 Å². The molecule has 26 heavy (non-hydrogen) atoms. The first-order valence-electron chi connectivity index (χ1n) is 7.79. The number of halogens is 1. The van der Waals surface area contributed by atoms with Crippen LogP contribution in [0.2, 0.25) is 5.02 Å². The molecular weight excluding hydrogens is 370 g/mol. The number of aromatic nitrogens is 1. The van der Waals surface area contributed by atoms with Gasteiger partial charge in [-0.25, -0.2) is 4.98 Å². The van der Waals surface area contributed by atoms with Gasteiger partial charge in [-0.3, -0.25) is 4.79 Å². The summed E-state index contributed by atoms with van der Waals surface area (Å²) in [5.41, 5.74) is 7.40. The Morgan fingerprint density at radius 1 is 1.19 bits per heavy atom. The van der Waals surface area contributed by atoms with E-state index in [0.29, 0.717) is 32.7 Å². The molecule has 0 saturated heterocycles. The van der Waals surface area contributed by atoms with Gasteiger partial charge in [0.1, 0.15) is 11.3 Å². The molecule has 3 aromatic carbocycles. The molecule has 3 N–H and O–H groups in total. The quantitative estimate of drug-likeness (QED) is 0.525. The molecule has 1 amide bonds. The number of ether oxygens (including phenoxy) is 1. The number of nitrogens with one attached hydrogen (secondary N) is 1.